The van der Waals surface area contributed by atoms with Gasteiger partial charge >= 0.3 is 0 Å². The Bertz CT molecular complexity index is 789. The van der Waals surface area contributed by atoms with E-state index >= 15 is 0 Å². The Balaban J connectivity index is 1.60. The minimum atomic E-state index is 0.110. The number of likely N-dealkylation sites (N-methyl/N-ethyl adjacent to an activating group) is 2. The van der Waals surface area contributed by atoms with Gasteiger partial charge in [0.25, 0.3) is 0 Å². The van der Waals surface area contributed by atoms with Gasteiger partial charge in [0, 0.05) is 25.7 Å². The smallest absolute Gasteiger partial charge is 0.141 e. The van der Waals surface area contributed by atoms with E-state index in [2.05, 4.69) is 84.6 Å². The molecule has 0 N–H and O–H groups in total. The third-order valence-corrected chi connectivity index (χ3v) is 5.55. The van der Waals surface area contributed by atoms with E-state index in [-0.39, 0.29) is 12.1 Å². The largest absolute Gasteiger partial charge is 0.482 e. The van der Waals surface area contributed by atoms with Gasteiger partial charge in [-0.15, -0.1) is 0 Å². The van der Waals surface area contributed by atoms with Crippen molar-refractivity contribution in [3.05, 3.63) is 77.7 Å². The molecule has 1 saturated heterocycles. The van der Waals surface area contributed by atoms with Crippen LogP contribution in [-0.2, 0) is 4.74 Å². The first-order valence-electron chi connectivity index (χ1n) is 8.24. The number of anilines is 1. The molecule has 23 heavy (non-hydrogen) atoms. The fourth-order valence-electron chi connectivity index (χ4n) is 4.30. The topological polar surface area (TPSA) is 15.7 Å². The van der Waals surface area contributed by atoms with Gasteiger partial charge in [0.15, 0.2) is 0 Å². The van der Waals surface area contributed by atoms with Crippen LogP contribution in [0.1, 0.15) is 11.5 Å². The van der Waals surface area contributed by atoms with Gasteiger partial charge in [-0.1, -0.05) is 36.4 Å². The summed E-state index contributed by atoms with van der Waals surface area (Å²) in [6.45, 7) is 0. The molecule has 0 aromatic heterocycles. The third-order valence-electron chi connectivity index (χ3n) is 5.55. The van der Waals surface area contributed by atoms with Gasteiger partial charge in [-0.2, -0.15) is 0 Å². The van der Waals surface area contributed by atoms with Crippen molar-refractivity contribution in [3.8, 4) is 0 Å². The molecule has 1 aromatic carbocycles. The fraction of sp³-hybridized carbons (Fsp3) is 0.300. The number of nitrogens with zero attached hydrogens (tertiary/aromatic N) is 2. The first kappa shape index (κ1) is 13.1. The van der Waals surface area contributed by atoms with Gasteiger partial charge in [-0.25, -0.2) is 0 Å². The van der Waals surface area contributed by atoms with Crippen LogP contribution >= 0.6 is 0 Å². The van der Waals surface area contributed by atoms with Crippen LogP contribution in [0.2, 0.25) is 0 Å². The molecular formula is C20H20N2O. The number of benzene rings is 1. The summed E-state index contributed by atoms with van der Waals surface area (Å²) >= 11 is 0. The molecule has 1 fully saturated rings. The van der Waals surface area contributed by atoms with Crippen molar-refractivity contribution in [1.29, 1.82) is 0 Å². The SMILES string of the molecule is CN1C2=CC3C(C=C2OC2C=CC=CC21)c1ccccc1N3C. The van der Waals surface area contributed by atoms with E-state index in [1.807, 2.05) is 0 Å². The molecule has 2 aliphatic carbocycles. The van der Waals surface area contributed by atoms with Crippen molar-refractivity contribution >= 4 is 5.69 Å². The molecular weight excluding hydrogens is 284 g/mol. The molecule has 1 aromatic rings. The lowest BCUT2D eigenvalue weighted by molar-refractivity contribution is 0.0547. The van der Waals surface area contributed by atoms with E-state index in [1.165, 1.54) is 16.9 Å². The number of fused-ring (bicyclic) bond motifs is 5. The van der Waals surface area contributed by atoms with Crippen LogP contribution in [0.4, 0.5) is 5.69 Å². The summed E-state index contributed by atoms with van der Waals surface area (Å²) in [5.74, 6) is 1.41. The lowest BCUT2D eigenvalue weighted by Crippen LogP contribution is -2.47. The van der Waals surface area contributed by atoms with Crippen molar-refractivity contribution in [3.63, 3.8) is 0 Å². The fourth-order valence-corrected chi connectivity index (χ4v) is 4.30. The number of hydrogen-bond donors (Lipinski definition) is 0. The predicted molar refractivity (Wildman–Crippen MR) is 92.2 cm³/mol. The monoisotopic (exact) mass is 304 g/mol. The Morgan fingerprint density at radius 2 is 1.74 bits per heavy atom. The second kappa shape index (κ2) is 4.54. The summed E-state index contributed by atoms with van der Waals surface area (Å²) in [5.41, 5.74) is 3.94. The van der Waals surface area contributed by atoms with Crippen molar-refractivity contribution in [1.82, 2.24) is 4.90 Å². The van der Waals surface area contributed by atoms with Crippen LogP contribution in [0.25, 0.3) is 0 Å². The van der Waals surface area contributed by atoms with Gasteiger partial charge in [0.1, 0.15) is 11.9 Å². The normalized spacial score (nSPS) is 33.1. The lowest BCUT2D eigenvalue weighted by atomic mass is 9.88. The van der Waals surface area contributed by atoms with Crippen molar-refractivity contribution in [2.75, 3.05) is 19.0 Å². The Hall–Kier alpha value is -2.42. The lowest BCUT2D eigenvalue weighted by Gasteiger charge is -2.44. The maximum atomic E-state index is 6.32. The standard InChI is InChI=1S/C20H20N2O/c1-21-15-8-4-3-7-13(15)14-11-20-18(12-17(14)21)22(2)16-9-5-6-10-19(16)23-20/h3-12,14,16-17,19H,1-2H3. The quantitative estimate of drug-likeness (QED) is 0.732. The van der Waals surface area contributed by atoms with E-state index in [0.29, 0.717) is 12.0 Å². The van der Waals surface area contributed by atoms with Crippen LogP contribution in [0.15, 0.2) is 72.2 Å². The van der Waals surface area contributed by atoms with Crippen molar-refractivity contribution < 1.29 is 4.74 Å². The number of hydrogen-bond acceptors (Lipinski definition) is 3. The van der Waals surface area contributed by atoms with Gasteiger partial charge in [-0.3, -0.25) is 0 Å². The van der Waals surface area contributed by atoms with E-state index in [1.54, 1.807) is 0 Å². The van der Waals surface area contributed by atoms with E-state index in [9.17, 15) is 0 Å². The number of rotatable bonds is 0. The summed E-state index contributed by atoms with van der Waals surface area (Å²) in [5, 5.41) is 0. The Morgan fingerprint density at radius 3 is 2.65 bits per heavy atom. The van der Waals surface area contributed by atoms with E-state index < -0.39 is 0 Å². The third kappa shape index (κ3) is 1.70. The minimum Gasteiger partial charge on any atom is -0.482 e. The van der Waals surface area contributed by atoms with E-state index in [0.717, 1.165) is 5.76 Å². The highest BCUT2D eigenvalue weighted by Gasteiger charge is 2.42. The molecule has 0 amide bonds. The summed E-state index contributed by atoms with van der Waals surface area (Å²) in [6.07, 6.45) is 13.4. The van der Waals surface area contributed by atoms with Crippen molar-refractivity contribution in [2.45, 2.75) is 24.1 Å². The van der Waals surface area contributed by atoms with Crippen LogP contribution in [-0.4, -0.2) is 37.2 Å². The molecule has 2 aliphatic heterocycles. The molecule has 0 radical (unpaired) electrons. The van der Waals surface area contributed by atoms with Gasteiger partial charge in [0.2, 0.25) is 0 Å². The minimum absolute atomic E-state index is 0.110. The predicted octanol–water partition coefficient (Wildman–Crippen LogP) is 3.20. The summed E-state index contributed by atoms with van der Waals surface area (Å²) in [7, 11) is 4.36. The zero-order chi connectivity index (χ0) is 15.6. The highest BCUT2D eigenvalue weighted by molar-refractivity contribution is 5.66. The number of morpholine rings is 1. The maximum absolute atomic E-state index is 6.32. The average molecular weight is 304 g/mol. The zero-order valence-corrected chi connectivity index (χ0v) is 13.4. The van der Waals surface area contributed by atoms with Gasteiger partial charge in [-0.05, 0) is 29.9 Å². The number of para-hydroxylation sites is 1. The molecule has 0 spiro atoms. The molecule has 3 nitrogen and oxygen atoms in total. The van der Waals surface area contributed by atoms with Crippen LogP contribution < -0.4 is 4.90 Å². The summed E-state index contributed by atoms with van der Waals surface area (Å²) in [4.78, 5) is 4.74. The second-order valence-corrected chi connectivity index (χ2v) is 6.72. The molecule has 2 heterocycles. The first-order valence-corrected chi connectivity index (χ1v) is 8.24. The van der Waals surface area contributed by atoms with Crippen LogP contribution in [0.3, 0.4) is 0 Å². The zero-order valence-electron chi connectivity index (χ0n) is 13.4. The molecule has 3 heteroatoms. The molecule has 116 valence electrons. The number of allylic oxidation sites excluding steroid dienone is 2. The van der Waals surface area contributed by atoms with E-state index in [4.69, 9.17) is 4.74 Å². The van der Waals surface area contributed by atoms with Gasteiger partial charge < -0.3 is 14.5 Å². The summed E-state index contributed by atoms with van der Waals surface area (Å²) < 4.78 is 6.32. The average Bonchev–Trinajstić information content (AvgIpc) is 2.87. The van der Waals surface area contributed by atoms with Crippen molar-refractivity contribution in [2.24, 2.45) is 0 Å². The highest BCUT2D eigenvalue weighted by Crippen LogP contribution is 2.47. The Kier molecular flexibility index (Phi) is 2.58. The first-order chi connectivity index (χ1) is 11.2. The molecule has 4 atom stereocenters. The molecule has 0 saturated carbocycles. The maximum Gasteiger partial charge on any atom is 0.141 e. The Morgan fingerprint density at radius 1 is 0.913 bits per heavy atom. The number of ether oxygens (including phenoxy) is 1. The molecule has 4 aliphatic rings. The summed E-state index contributed by atoms with van der Waals surface area (Å²) in [6, 6.07) is 9.36. The molecule has 0 bridgehead atoms. The highest BCUT2D eigenvalue weighted by atomic mass is 16.5. The second-order valence-electron chi connectivity index (χ2n) is 6.72. The van der Waals surface area contributed by atoms with Gasteiger partial charge in [0.05, 0.1) is 17.8 Å². The van der Waals surface area contributed by atoms with Crippen LogP contribution in [0.5, 0.6) is 0 Å². The molecule has 4 unspecified atom stereocenters. The van der Waals surface area contributed by atoms with Crippen LogP contribution in [0, 0.1) is 0 Å². The molecule has 5 rings (SSSR count). The Labute approximate surface area is 136 Å².